The molecule has 7 heteroatoms. The summed E-state index contributed by atoms with van der Waals surface area (Å²) >= 11 is 0. The fourth-order valence-electron chi connectivity index (χ4n) is 1.23. The van der Waals surface area contributed by atoms with Crippen molar-refractivity contribution >= 4 is 24.3 Å². The fourth-order valence-corrected chi connectivity index (χ4v) is 1.23. The number of hydrogen-bond donors (Lipinski definition) is 3. The Morgan fingerprint density at radius 1 is 1.32 bits per heavy atom. The second kappa shape index (κ2) is 10.0. The standard InChI is InChI=1S/C12H17N3O3.ClH/c1-2-11(14-15-12(16)17)13-8-9-18-10-6-4-3-5-7-10;/h3-7,15H,2,8-9H2,1H3,(H,13,14)(H,16,17);1H. The molecule has 0 atom stereocenters. The minimum Gasteiger partial charge on any atom is -0.492 e. The first-order valence-corrected chi connectivity index (χ1v) is 5.68. The van der Waals surface area contributed by atoms with Gasteiger partial charge in [0.2, 0.25) is 0 Å². The van der Waals surface area contributed by atoms with E-state index in [0.29, 0.717) is 25.4 Å². The molecule has 1 aromatic carbocycles. The summed E-state index contributed by atoms with van der Waals surface area (Å²) in [7, 11) is 0. The molecule has 1 aromatic rings. The minimum atomic E-state index is -1.14. The molecular weight excluding hydrogens is 270 g/mol. The average Bonchev–Trinajstić information content (AvgIpc) is 2.39. The lowest BCUT2D eigenvalue weighted by Gasteiger charge is -2.08. The van der Waals surface area contributed by atoms with Gasteiger partial charge in [-0.2, -0.15) is 0 Å². The van der Waals surface area contributed by atoms with E-state index in [0.717, 1.165) is 5.75 Å². The Kier molecular flexibility index (Phi) is 8.99. The number of halogens is 1. The molecule has 106 valence electrons. The smallest absolute Gasteiger partial charge is 0.423 e. The van der Waals surface area contributed by atoms with Crippen LogP contribution in [0, 0.1) is 0 Å². The van der Waals surface area contributed by atoms with Gasteiger partial charge in [0.1, 0.15) is 18.2 Å². The van der Waals surface area contributed by atoms with Gasteiger partial charge in [0.25, 0.3) is 0 Å². The number of benzene rings is 1. The number of hydrazine groups is 1. The summed E-state index contributed by atoms with van der Waals surface area (Å²) in [5.74, 6) is 1.37. The highest BCUT2D eigenvalue weighted by Gasteiger charge is 1.97. The number of rotatable bonds is 5. The summed E-state index contributed by atoms with van der Waals surface area (Å²) < 4.78 is 5.45. The molecule has 6 nitrogen and oxygen atoms in total. The Bertz CT molecular complexity index is 398. The third kappa shape index (κ3) is 7.88. The number of amides is 1. The highest BCUT2D eigenvalue weighted by Crippen LogP contribution is 2.07. The Balaban J connectivity index is 0.00000324. The van der Waals surface area contributed by atoms with Gasteiger partial charge in [0.15, 0.2) is 0 Å². The van der Waals surface area contributed by atoms with Crippen molar-refractivity contribution in [3.8, 4) is 5.75 Å². The maximum Gasteiger partial charge on any atom is 0.423 e. The van der Waals surface area contributed by atoms with Gasteiger partial charge in [0.05, 0.1) is 6.54 Å². The van der Waals surface area contributed by atoms with Crippen LogP contribution in [0.5, 0.6) is 5.75 Å². The van der Waals surface area contributed by atoms with E-state index in [-0.39, 0.29) is 12.4 Å². The van der Waals surface area contributed by atoms with E-state index >= 15 is 0 Å². The first-order chi connectivity index (χ1) is 8.72. The zero-order valence-corrected chi connectivity index (χ0v) is 11.4. The second-order valence-electron chi connectivity index (χ2n) is 3.40. The highest BCUT2D eigenvalue weighted by atomic mass is 35.5. The van der Waals surface area contributed by atoms with E-state index in [1.807, 2.05) is 37.3 Å². The third-order valence-electron chi connectivity index (χ3n) is 2.05. The van der Waals surface area contributed by atoms with Crippen LogP contribution in [0.25, 0.3) is 0 Å². The lowest BCUT2D eigenvalue weighted by molar-refractivity contribution is 0.192. The van der Waals surface area contributed by atoms with Crippen LogP contribution >= 0.6 is 12.4 Å². The van der Waals surface area contributed by atoms with Gasteiger partial charge in [-0.3, -0.25) is 10.4 Å². The van der Waals surface area contributed by atoms with Crippen LogP contribution in [0.2, 0.25) is 0 Å². The van der Waals surface area contributed by atoms with Crippen LogP contribution in [-0.4, -0.2) is 30.2 Å². The molecule has 0 saturated heterocycles. The number of aliphatic imine (C=N–C) groups is 1. The molecule has 0 aromatic heterocycles. The molecule has 0 aliphatic carbocycles. The van der Waals surface area contributed by atoms with Crippen molar-refractivity contribution in [3.63, 3.8) is 0 Å². The lowest BCUT2D eigenvalue weighted by atomic mass is 10.3. The molecule has 0 radical (unpaired) electrons. The van der Waals surface area contributed by atoms with E-state index in [4.69, 9.17) is 9.84 Å². The highest BCUT2D eigenvalue weighted by molar-refractivity contribution is 5.85. The third-order valence-corrected chi connectivity index (χ3v) is 2.05. The number of nitrogens with zero attached hydrogens (tertiary/aromatic N) is 1. The first kappa shape index (κ1) is 17.1. The van der Waals surface area contributed by atoms with Gasteiger partial charge in [-0.05, 0) is 12.1 Å². The molecule has 0 spiro atoms. The molecule has 0 unspecified atom stereocenters. The molecule has 0 aliphatic heterocycles. The molecule has 0 bridgehead atoms. The van der Waals surface area contributed by atoms with Gasteiger partial charge in [-0.15, -0.1) is 12.4 Å². The van der Waals surface area contributed by atoms with Crippen LogP contribution in [0.4, 0.5) is 4.79 Å². The van der Waals surface area contributed by atoms with Crippen LogP contribution < -0.4 is 15.6 Å². The van der Waals surface area contributed by atoms with Gasteiger partial charge in [-0.25, -0.2) is 10.2 Å². The maximum atomic E-state index is 10.3. The van der Waals surface area contributed by atoms with E-state index < -0.39 is 6.09 Å². The van der Waals surface area contributed by atoms with Crippen LogP contribution in [0.1, 0.15) is 13.3 Å². The van der Waals surface area contributed by atoms with Crippen LogP contribution in [-0.2, 0) is 0 Å². The predicted octanol–water partition coefficient (Wildman–Crippen LogP) is 2.07. The van der Waals surface area contributed by atoms with Crippen LogP contribution in [0.3, 0.4) is 0 Å². The number of hydrogen-bond acceptors (Lipinski definition) is 3. The zero-order valence-electron chi connectivity index (χ0n) is 10.6. The summed E-state index contributed by atoms with van der Waals surface area (Å²) in [5, 5.41) is 8.42. The molecule has 19 heavy (non-hydrogen) atoms. The second-order valence-corrected chi connectivity index (χ2v) is 3.40. The number of carboxylic acid groups (broad SMARTS) is 1. The molecule has 0 fully saturated rings. The number of ether oxygens (including phenoxy) is 1. The van der Waals surface area contributed by atoms with Gasteiger partial charge in [0, 0.05) is 6.42 Å². The van der Waals surface area contributed by atoms with Crippen molar-refractivity contribution in [2.45, 2.75) is 13.3 Å². The van der Waals surface area contributed by atoms with E-state index in [2.05, 4.69) is 15.8 Å². The number of para-hydroxylation sites is 1. The zero-order chi connectivity index (χ0) is 13.2. The van der Waals surface area contributed by atoms with E-state index in [1.54, 1.807) is 0 Å². The van der Waals surface area contributed by atoms with Crippen molar-refractivity contribution < 1.29 is 14.6 Å². The Morgan fingerprint density at radius 2 is 2.00 bits per heavy atom. The van der Waals surface area contributed by atoms with Crippen molar-refractivity contribution in [2.75, 3.05) is 13.2 Å². The Morgan fingerprint density at radius 3 is 2.58 bits per heavy atom. The summed E-state index contributed by atoms with van der Waals surface area (Å²) in [4.78, 5) is 14.5. The molecule has 1 rings (SSSR count). The minimum absolute atomic E-state index is 0. The van der Waals surface area contributed by atoms with Gasteiger partial charge < -0.3 is 9.84 Å². The van der Waals surface area contributed by atoms with Crippen molar-refractivity contribution in [3.05, 3.63) is 30.3 Å². The van der Waals surface area contributed by atoms with Crippen LogP contribution in [0.15, 0.2) is 35.3 Å². The SMILES string of the molecule is CCC(=NCCOc1ccccc1)NNC(=O)O.Cl. The average molecular weight is 288 g/mol. The fraction of sp³-hybridized carbons (Fsp3) is 0.333. The number of amidine groups is 1. The van der Waals surface area contributed by atoms with Crippen molar-refractivity contribution in [2.24, 2.45) is 4.99 Å². The summed E-state index contributed by atoms with van der Waals surface area (Å²) in [6, 6.07) is 9.45. The number of carbonyl (C=O) groups is 1. The maximum absolute atomic E-state index is 10.3. The van der Waals surface area contributed by atoms with Gasteiger partial charge >= 0.3 is 6.09 Å². The van der Waals surface area contributed by atoms with Crippen molar-refractivity contribution in [1.82, 2.24) is 10.9 Å². The van der Waals surface area contributed by atoms with Gasteiger partial charge in [-0.1, -0.05) is 25.1 Å². The number of nitrogens with one attached hydrogen (secondary N) is 2. The molecular formula is C12H18ClN3O3. The topological polar surface area (TPSA) is 83.0 Å². The van der Waals surface area contributed by atoms with E-state index in [9.17, 15) is 4.79 Å². The largest absolute Gasteiger partial charge is 0.492 e. The normalized spacial score (nSPS) is 10.3. The summed E-state index contributed by atoms with van der Waals surface area (Å²) in [5.41, 5.74) is 4.56. The molecule has 0 saturated carbocycles. The summed E-state index contributed by atoms with van der Waals surface area (Å²) in [6.07, 6.45) is -0.525. The van der Waals surface area contributed by atoms with Crippen molar-refractivity contribution in [1.29, 1.82) is 0 Å². The molecule has 1 amide bonds. The molecule has 0 heterocycles. The Labute approximate surface area is 118 Å². The molecule has 0 aliphatic rings. The lowest BCUT2D eigenvalue weighted by Crippen LogP contribution is -2.40. The summed E-state index contributed by atoms with van der Waals surface area (Å²) in [6.45, 7) is 2.79. The predicted molar refractivity (Wildman–Crippen MR) is 76.1 cm³/mol. The van der Waals surface area contributed by atoms with E-state index in [1.165, 1.54) is 0 Å². The molecule has 3 N–H and O–H groups in total. The first-order valence-electron chi connectivity index (χ1n) is 5.68. The quantitative estimate of drug-likeness (QED) is 0.335. The monoisotopic (exact) mass is 287 g/mol. The Hall–Kier alpha value is -1.95.